The minimum atomic E-state index is 0.995. The van der Waals surface area contributed by atoms with Crippen LogP contribution in [0, 0.1) is 0 Å². The van der Waals surface area contributed by atoms with Gasteiger partial charge in [0.15, 0.2) is 0 Å². The zero-order valence-corrected chi connectivity index (χ0v) is 6.76. The molecule has 10 heavy (non-hydrogen) atoms. The molecule has 0 fully saturated rings. The van der Waals surface area contributed by atoms with Crippen LogP contribution in [0.15, 0.2) is 35.2 Å². The quantitative estimate of drug-likeness (QED) is 0.453. The summed E-state index contributed by atoms with van der Waals surface area (Å²) in [5.41, 5.74) is 3.92. The van der Waals surface area contributed by atoms with Crippen LogP contribution in [-0.4, -0.2) is 5.71 Å². The molecule has 0 aromatic rings. The molecule has 54 valence electrons. The molecule has 0 atom stereocenters. The standard InChI is InChI=1S/C7H7N.C2H6/c1-7-5-3-2-4-6-8-7;1-2/h2,4-6H,1H3;1-2H3. The van der Waals surface area contributed by atoms with Crippen molar-refractivity contribution in [3.63, 3.8) is 0 Å². The van der Waals surface area contributed by atoms with Gasteiger partial charge in [0, 0.05) is 18.0 Å². The number of allylic oxidation sites excluding steroid dienone is 2. The van der Waals surface area contributed by atoms with Crippen LogP contribution < -0.4 is 0 Å². The average Bonchev–Trinajstić information content (AvgIpc) is 2.21. The zero-order chi connectivity index (χ0) is 7.82. The van der Waals surface area contributed by atoms with E-state index in [2.05, 4.69) is 10.7 Å². The van der Waals surface area contributed by atoms with Crippen molar-refractivity contribution in [3.8, 4) is 0 Å². The lowest BCUT2D eigenvalue weighted by Crippen LogP contribution is -1.77. The van der Waals surface area contributed by atoms with E-state index in [1.54, 1.807) is 6.20 Å². The normalized spacial score (nSPS) is 13.3. The first-order chi connectivity index (χ1) is 4.89. The van der Waals surface area contributed by atoms with Crippen molar-refractivity contribution in [1.29, 1.82) is 0 Å². The smallest absolute Gasteiger partial charge is 0.0449 e. The minimum absolute atomic E-state index is 0.995. The van der Waals surface area contributed by atoms with E-state index in [1.165, 1.54) is 0 Å². The number of hydrogen-bond acceptors (Lipinski definition) is 1. The molecule has 0 aromatic heterocycles. The summed E-state index contributed by atoms with van der Waals surface area (Å²) < 4.78 is 0. The van der Waals surface area contributed by atoms with Crippen LogP contribution in [0.2, 0.25) is 0 Å². The lowest BCUT2D eigenvalue weighted by Gasteiger charge is -1.78. The maximum atomic E-state index is 4.01. The molecule has 0 saturated heterocycles. The summed E-state index contributed by atoms with van der Waals surface area (Å²) in [5, 5.41) is 0. The number of aliphatic imine (C=N–C) groups is 1. The Kier molecular flexibility index (Phi) is 5.41. The molecule has 1 nitrogen and oxygen atoms in total. The topological polar surface area (TPSA) is 12.4 Å². The van der Waals surface area contributed by atoms with Gasteiger partial charge in [0.1, 0.15) is 0 Å². The summed E-state index contributed by atoms with van der Waals surface area (Å²) in [6.45, 7) is 5.94. The van der Waals surface area contributed by atoms with E-state index in [4.69, 9.17) is 0 Å². The first kappa shape index (κ1) is 8.93. The SMILES string of the molecule is CC.CC1=NC=CC=C=C1. The highest BCUT2D eigenvalue weighted by atomic mass is 14.7. The van der Waals surface area contributed by atoms with Crippen molar-refractivity contribution in [3.05, 3.63) is 30.2 Å². The summed E-state index contributed by atoms with van der Waals surface area (Å²) in [5.74, 6) is 0. The van der Waals surface area contributed by atoms with Crippen LogP contribution in [0.4, 0.5) is 0 Å². The Labute approximate surface area is 62.5 Å². The fourth-order valence-corrected chi connectivity index (χ4v) is 0.465. The average molecular weight is 135 g/mol. The summed E-state index contributed by atoms with van der Waals surface area (Å²) in [4.78, 5) is 4.01. The van der Waals surface area contributed by atoms with Crippen LogP contribution in [0.5, 0.6) is 0 Å². The Balaban J connectivity index is 0.000000371. The molecular formula is C9H13N. The van der Waals surface area contributed by atoms with Gasteiger partial charge in [-0.1, -0.05) is 13.8 Å². The van der Waals surface area contributed by atoms with Crippen LogP contribution in [0.1, 0.15) is 20.8 Å². The first-order valence-electron chi connectivity index (χ1n) is 3.51. The third-order valence-corrected chi connectivity index (χ3v) is 0.849. The fraction of sp³-hybridized carbons (Fsp3) is 0.333. The minimum Gasteiger partial charge on any atom is -0.261 e. The van der Waals surface area contributed by atoms with Crippen LogP contribution in [0.3, 0.4) is 0 Å². The Bertz CT molecular complexity index is 191. The molecule has 0 spiro atoms. The van der Waals surface area contributed by atoms with Gasteiger partial charge in [0.25, 0.3) is 0 Å². The second-order valence-electron chi connectivity index (χ2n) is 1.59. The molecule has 1 heterocycles. The van der Waals surface area contributed by atoms with E-state index in [-0.39, 0.29) is 0 Å². The molecule has 0 unspecified atom stereocenters. The van der Waals surface area contributed by atoms with E-state index in [9.17, 15) is 0 Å². The Hall–Kier alpha value is -1.07. The summed E-state index contributed by atoms with van der Waals surface area (Å²) >= 11 is 0. The van der Waals surface area contributed by atoms with E-state index < -0.39 is 0 Å². The van der Waals surface area contributed by atoms with Gasteiger partial charge in [-0.3, -0.25) is 4.99 Å². The van der Waals surface area contributed by atoms with Gasteiger partial charge in [0.2, 0.25) is 0 Å². The van der Waals surface area contributed by atoms with E-state index in [1.807, 2.05) is 39.0 Å². The Morgan fingerprint density at radius 1 is 1.40 bits per heavy atom. The lowest BCUT2D eigenvalue weighted by atomic mass is 10.4. The third-order valence-electron chi connectivity index (χ3n) is 0.849. The molecule has 0 aliphatic carbocycles. The van der Waals surface area contributed by atoms with Crippen molar-refractivity contribution < 1.29 is 0 Å². The highest BCUT2D eigenvalue weighted by Gasteiger charge is 1.77. The summed E-state index contributed by atoms with van der Waals surface area (Å²) in [7, 11) is 0. The maximum Gasteiger partial charge on any atom is 0.0449 e. The Morgan fingerprint density at radius 3 is 2.80 bits per heavy atom. The molecule has 1 heteroatoms. The van der Waals surface area contributed by atoms with Gasteiger partial charge in [-0.15, -0.1) is 5.73 Å². The van der Waals surface area contributed by atoms with Gasteiger partial charge in [0.05, 0.1) is 0 Å². The lowest BCUT2D eigenvalue weighted by molar-refractivity contribution is 1.50. The molecule has 0 amide bonds. The highest BCUT2D eigenvalue weighted by molar-refractivity contribution is 5.93. The van der Waals surface area contributed by atoms with Crippen molar-refractivity contribution in [2.75, 3.05) is 0 Å². The van der Waals surface area contributed by atoms with Crippen molar-refractivity contribution in [2.45, 2.75) is 20.8 Å². The first-order valence-corrected chi connectivity index (χ1v) is 3.51. The number of nitrogens with zero attached hydrogens (tertiary/aromatic N) is 1. The van der Waals surface area contributed by atoms with Crippen LogP contribution >= 0.6 is 0 Å². The third kappa shape index (κ3) is 3.88. The van der Waals surface area contributed by atoms with E-state index >= 15 is 0 Å². The second-order valence-corrected chi connectivity index (χ2v) is 1.59. The molecule has 0 saturated carbocycles. The zero-order valence-electron chi connectivity index (χ0n) is 6.76. The van der Waals surface area contributed by atoms with Crippen molar-refractivity contribution in [1.82, 2.24) is 0 Å². The number of hydrogen-bond donors (Lipinski definition) is 0. The van der Waals surface area contributed by atoms with Crippen LogP contribution in [0.25, 0.3) is 0 Å². The second kappa shape index (κ2) is 6.06. The largest absolute Gasteiger partial charge is 0.261 e. The maximum absolute atomic E-state index is 4.01. The fourth-order valence-electron chi connectivity index (χ4n) is 0.465. The predicted molar refractivity (Wildman–Crippen MR) is 46.3 cm³/mol. The van der Waals surface area contributed by atoms with Gasteiger partial charge >= 0.3 is 0 Å². The summed E-state index contributed by atoms with van der Waals surface area (Å²) in [6, 6.07) is 0. The van der Waals surface area contributed by atoms with Gasteiger partial charge in [-0.25, -0.2) is 0 Å². The molecule has 1 aliphatic heterocycles. The van der Waals surface area contributed by atoms with Crippen LogP contribution in [-0.2, 0) is 0 Å². The van der Waals surface area contributed by atoms with E-state index in [0.717, 1.165) is 5.71 Å². The predicted octanol–water partition coefficient (Wildman–Crippen LogP) is 2.71. The van der Waals surface area contributed by atoms with Gasteiger partial charge in [-0.05, 0) is 19.1 Å². The monoisotopic (exact) mass is 135 g/mol. The van der Waals surface area contributed by atoms with Crippen molar-refractivity contribution >= 4 is 5.71 Å². The molecule has 0 N–H and O–H groups in total. The molecular weight excluding hydrogens is 122 g/mol. The molecule has 1 aliphatic rings. The number of rotatable bonds is 0. The van der Waals surface area contributed by atoms with E-state index in [0.29, 0.717) is 0 Å². The molecule has 1 rings (SSSR count). The molecule has 0 bridgehead atoms. The Morgan fingerprint density at radius 2 is 2.10 bits per heavy atom. The molecule has 0 aromatic carbocycles. The van der Waals surface area contributed by atoms with Crippen molar-refractivity contribution in [2.24, 2.45) is 4.99 Å². The van der Waals surface area contributed by atoms with Gasteiger partial charge in [-0.2, -0.15) is 0 Å². The highest BCUT2D eigenvalue weighted by Crippen LogP contribution is 1.86. The summed E-state index contributed by atoms with van der Waals surface area (Å²) in [6.07, 6.45) is 7.29. The van der Waals surface area contributed by atoms with Gasteiger partial charge < -0.3 is 0 Å². The molecule has 0 radical (unpaired) electrons.